The number of ether oxygens (including phenoxy) is 4. The Balaban J connectivity index is 1.83. The highest BCUT2D eigenvalue weighted by molar-refractivity contribution is 6.33. The minimum Gasteiger partial charge on any atom is -0.493 e. The minimum absolute atomic E-state index is 0.267. The summed E-state index contributed by atoms with van der Waals surface area (Å²) in [6.07, 6.45) is 1.49. The lowest BCUT2D eigenvalue weighted by atomic mass is 10.1. The Morgan fingerprint density at radius 1 is 0.935 bits per heavy atom. The Bertz CT molecular complexity index is 845. The van der Waals surface area contributed by atoms with Crippen molar-refractivity contribution in [2.45, 2.75) is 45.4 Å². The van der Waals surface area contributed by atoms with Gasteiger partial charge in [0.2, 0.25) is 6.79 Å². The van der Waals surface area contributed by atoms with Crippen LogP contribution in [0.5, 0.6) is 17.2 Å². The average Bonchev–Trinajstić information content (AvgIpc) is 2.78. The molecular formula is C24H29ClO6. The van der Waals surface area contributed by atoms with Crippen LogP contribution in [0, 0.1) is 5.92 Å². The standard InChI is InChI=1S/C24H29ClO6/c1-5-17(3)15-28-19-11-13-21(14-12-19)31-22(26)18-7-9-20(10-8-18)29-16-30-23(27)24(4,25)6-2/h7-14,17H,5-6,15-16H2,1-4H3. The summed E-state index contributed by atoms with van der Waals surface area (Å²) in [4.78, 5) is 23.1. The van der Waals surface area contributed by atoms with E-state index in [1.807, 2.05) is 0 Å². The van der Waals surface area contributed by atoms with Crippen LogP contribution in [0.2, 0.25) is 0 Å². The monoisotopic (exact) mass is 448 g/mol. The molecule has 0 saturated heterocycles. The number of hydrogen-bond acceptors (Lipinski definition) is 6. The van der Waals surface area contributed by atoms with Crippen LogP contribution in [-0.2, 0) is 9.53 Å². The highest BCUT2D eigenvalue weighted by atomic mass is 35.5. The molecule has 2 aromatic carbocycles. The van der Waals surface area contributed by atoms with E-state index in [0.29, 0.717) is 36.0 Å². The molecule has 0 radical (unpaired) electrons. The fourth-order valence-electron chi connectivity index (χ4n) is 2.26. The van der Waals surface area contributed by atoms with Crippen LogP contribution in [-0.4, -0.2) is 30.2 Å². The van der Waals surface area contributed by atoms with E-state index in [4.69, 9.17) is 30.5 Å². The van der Waals surface area contributed by atoms with Gasteiger partial charge >= 0.3 is 11.9 Å². The first kappa shape index (κ1) is 24.5. The smallest absolute Gasteiger partial charge is 0.343 e. The van der Waals surface area contributed by atoms with Crippen molar-refractivity contribution in [1.29, 1.82) is 0 Å². The highest BCUT2D eigenvalue weighted by Gasteiger charge is 2.30. The van der Waals surface area contributed by atoms with Gasteiger partial charge in [0.25, 0.3) is 0 Å². The zero-order chi connectivity index (χ0) is 22.9. The van der Waals surface area contributed by atoms with E-state index >= 15 is 0 Å². The van der Waals surface area contributed by atoms with Gasteiger partial charge in [-0.25, -0.2) is 4.79 Å². The normalized spacial score (nSPS) is 13.6. The molecule has 0 heterocycles. The summed E-state index contributed by atoms with van der Waals surface area (Å²) in [7, 11) is 0. The van der Waals surface area contributed by atoms with Gasteiger partial charge in [-0.05, 0) is 67.8 Å². The predicted octanol–water partition coefficient (Wildman–Crippen LogP) is 5.62. The zero-order valence-corrected chi connectivity index (χ0v) is 19.1. The molecule has 2 atom stereocenters. The molecular weight excluding hydrogens is 420 g/mol. The van der Waals surface area contributed by atoms with Crippen molar-refractivity contribution in [3.63, 3.8) is 0 Å². The molecule has 0 bridgehead atoms. The van der Waals surface area contributed by atoms with Gasteiger partial charge in [0.1, 0.15) is 22.1 Å². The van der Waals surface area contributed by atoms with Crippen LogP contribution in [0.15, 0.2) is 48.5 Å². The predicted molar refractivity (Wildman–Crippen MR) is 119 cm³/mol. The average molecular weight is 449 g/mol. The van der Waals surface area contributed by atoms with Crippen molar-refractivity contribution in [2.75, 3.05) is 13.4 Å². The quantitative estimate of drug-likeness (QED) is 0.192. The molecule has 0 aliphatic rings. The Morgan fingerprint density at radius 2 is 1.48 bits per heavy atom. The third kappa shape index (κ3) is 7.79. The molecule has 0 fully saturated rings. The molecule has 168 valence electrons. The van der Waals surface area contributed by atoms with Crippen LogP contribution in [0.3, 0.4) is 0 Å². The molecule has 2 rings (SSSR count). The lowest BCUT2D eigenvalue weighted by molar-refractivity contribution is -0.153. The maximum atomic E-state index is 12.3. The van der Waals surface area contributed by atoms with Gasteiger partial charge in [0.15, 0.2) is 0 Å². The number of rotatable bonds is 11. The molecule has 0 aromatic heterocycles. The summed E-state index contributed by atoms with van der Waals surface area (Å²) in [6, 6.07) is 13.3. The first-order chi connectivity index (χ1) is 14.7. The molecule has 0 aliphatic carbocycles. The second kappa shape index (κ2) is 11.6. The lowest BCUT2D eigenvalue weighted by Crippen LogP contribution is -2.31. The Labute approximate surface area is 188 Å². The first-order valence-corrected chi connectivity index (χ1v) is 10.7. The molecule has 31 heavy (non-hydrogen) atoms. The van der Waals surface area contributed by atoms with Gasteiger partial charge in [-0.15, -0.1) is 11.6 Å². The molecule has 2 unspecified atom stereocenters. The van der Waals surface area contributed by atoms with Crippen LogP contribution < -0.4 is 14.2 Å². The summed E-state index contributed by atoms with van der Waals surface area (Å²) in [5, 5.41) is 0. The van der Waals surface area contributed by atoms with Crippen molar-refractivity contribution >= 4 is 23.5 Å². The van der Waals surface area contributed by atoms with Gasteiger partial charge in [-0.3, -0.25) is 4.79 Å². The molecule has 7 heteroatoms. The van der Waals surface area contributed by atoms with Crippen LogP contribution in [0.1, 0.15) is 50.9 Å². The second-order valence-electron chi connectivity index (χ2n) is 7.45. The van der Waals surface area contributed by atoms with Crippen molar-refractivity contribution < 1.29 is 28.5 Å². The van der Waals surface area contributed by atoms with E-state index < -0.39 is 16.8 Å². The summed E-state index contributed by atoms with van der Waals surface area (Å²) in [5.74, 6) is 1.04. The zero-order valence-electron chi connectivity index (χ0n) is 18.4. The van der Waals surface area contributed by atoms with E-state index in [1.165, 1.54) is 0 Å². The maximum Gasteiger partial charge on any atom is 0.343 e. The largest absolute Gasteiger partial charge is 0.493 e. The number of alkyl halides is 1. The van der Waals surface area contributed by atoms with Crippen molar-refractivity contribution in [1.82, 2.24) is 0 Å². The van der Waals surface area contributed by atoms with Crippen molar-refractivity contribution in [2.24, 2.45) is 5.92 Å². The third-order valence-electron chi connectivity index (χ3n) is 4.86. The fraction of sp³-hybridized carbons (Fsp3) is 0.417. The molecule has 0 aliphatic heterocycles. The van der Waals surface area contributed by atoms with Gasteiger partial charge < -0.3 is 18.9 Å². The Hall–Kier alpha value is -2.73. The van der Waals surface area contributed by atoms with Crippen LogP contribution >= 0.6 is 11.6 Å². The van der Waals surface area contributed by atoms with Gasteiger partial charge in [0.05, 0.1) is 12.2 Å². The third-order valence-corrected chi connectivity index (χ3v) is 5.28. The fourth-order valence-corrected chi connectivity index (χ4v) is 2.31. The van der Waals surface area contributed by atoms with Crippen molar-refractivity contribution in [3.05, 3.63) is 54.1 Å². The maximum absolute atomic E-state index is 12.3. The molecule has 0 amide bonds. The van der Waals surface area contributed by atoms with E-state index in [2.05, 4.69) is 13.8 Å². The lowest BCUT2D eigenvalue weighted by Gasteiger charge is -2.17. The number of carbonyl (C=O) groups is 2. The Morgan fingerprint density at radius 3 is 2.06 bits per heavy atom. The second-order valence-corrected chi connectivity index (χ2v) is 8.29. The summed E-state index contributed by atoms with van der Waals surface area (Å²) >= 11 is 6.03. The van der Waals surface area contributed by atoms with E-state index in [1.54, 1.807) is 62.4 Å². The molecule has 0 N–H and O–H groups in total. The van der Waals surface area contributed by atoms with Gasteiger partial charge in [-0.1, -0.05) is 27.2 Å². The van der Waals surface area contributed by atoms with E-state index in [-0.39, 0.29) is 6.79 Å². The van der Waals surface area contributed by atoms with Crippen LogP contribution in [0.25, 0.3) is 0 Å². The molecule has 6 nitrogen and oxygen atoms in total. The number of carbonyl (C=O) groups excluding carboxylic acids is 2. The number of halogens is 1. The minimum atomic E-state index is -1.07. The highest BCUT2D eigenvalue weighted by Crippen LogP contribution is 2.22. The van der Waals surface area contributed by atoms with Gasteiger partial charge in [0, 0.05) is 0 Å². The SMILES string of the molecule is CCC(C)COc1ccc(OC(=O)c2ccc(OCOC(=O)C(C)(Cl)CC)cc2)cc1. The molecule has 0 saturated carbocycles. The van der Waals surface area contributed by atoms with E-state index in [0.717, 1.165) is 12.2 Å². The summed E-state index contributed by atoms with van der Waals surface area (Å²) in [6.45, 7) is 8.01. The van der Waals surface area contributed by atoms with Crippen LogP contribution in [0.4, 0.5) is 0 Å². The topological polar surface area (TPSA) is 71.1 Å². The van der Waals surface area contributed by atoms with E-state index in [9.17, 15) is 9.59 Å². The summed E-state index contributed by atoms with van der Waals surface area (Å²) in [5.41, 5.74) is 0.362. The van der Waals surface area contributed by atoms with Crippen molar-refractivity contribution in [3.8, 4) is 17.2 Å². The summed E-state index contributed by atoms with van der Waals surface area (Å²) < 4.78 is 21.5. The number of benzene rings is 2. The molecule has 0 spiro atoms. The first-order valence-electron chi connectivity index (χ1n) is 10.3. The number of hydrogen-bond donors (Lipinski definition) is 0. The molecule has 2 aromatic rings. The number of esters is 2. The Kier molecular flexibility index (Phi) is 9.19. The van der Waals surface area contributed by atoms with Gasteiger partial charge in [-0.2, -0.15) is 0 Å².